The van der Waals surface area contributed by atoms with Crippen molar-refractivity contribution in [3.8, 4) is 22.3 Å². The van der Waals surface area contributed by atoms with Gasteiger partial charge in [0.15, 0.2) is 0 Å². The van der Waals surface area contributed by atoms with Crippen molar-refractivity contribution >= 4 is 17.5 Å². The van der Waals surface area contributed by atoms with E-state index in [2.05, 4.69) is 0 Å². The lowest BCUT2D eigenvalue weighted by Gasteiger charge is -2.16. The molecule has 3 aromatic rings. The summed E-state index contributed by atoms with van der Waals surface area (Å²) in [5.74, 6) is -0.218. The molecule has 0 atom stereocenters. The maximum atomic E-state index is 13.0. The average Bonchev–Trinajstić information content (AvgIpc) is 2.72. The molecule has 0 saturated carbocycles. The lowest BCUT2D eigenvalue weighted by Crippen LogP contribution is -2.21. The molecule has 0 bridgehead atoms. The van der Waals surface area contributed by atoms with Crippen LogP contribution in [0.3, 0.4) is 0 Å². The summed E-state index contributed by atoms with van der Waals surface area (Å²) in [6.45, 7) is -0.339. The third-order valence-corrected chi connectivity index (χ3v) is 5.23. The monoisotopic (exact) mass is 447 g/mol. The Hall–Kier alpha value is -2.83. The fourth-order valence-corrected chi connectivity index (χ4v) is 3.69. The van der Waals surface area contributed by atoms with E-state index >= 15 is 0 Å². The number of rotatable bonds is 5. The molecule has 0 radical (unpaired) electrons. The highest BCUT2D eigenvalue weighted by Gasteiger charge is 2.29. The Labute approximate surface area is 183 Å². The smallest absolute Gasteiger partial charge is 0.392 e. The lowest BCUT2D eigenvalue weighted by atomic mass is 9.91. The van der Waals surface area contributed by atoms with Gasteiger partial charge in [0.2, 0.25) is 0 Å². The molecule has 0 aliphatic carbocycles. The van der Waals surface area contributed by atoms with Crippen LogP contribution in [-0.4, -0.2) is 36.2 Å². The second-order valence-corrected chi connectivity index (χ2v) is 7.78. The van der Waals surface area contributed by atoms with Gasteiger partial charge in [0.25, 0.3) is 5.91 Å². The molecule has 3 nitrogen and oxygen atoms in total. The van der Waals surface area contributed by atoms with Gasteiger partial charge in [-0.1, -0.05) is 54.1 Å². The van der Waals surface area contributed by atoms with Gasteiger partial charge in [-0.25, -0.2) is 0 Å². The van der Waals surface area contributed by atoms with Gasteiger partial charge in [0.1, 0.15) is 0 Å². The Kier molecular flexibility index (Phi) is 6.72. The standard InChI is InChI=1S/C24H21ClF3NO2/c1-29(2)23(31)21-10-8-16(12-22(21)25)15-7-9-20(18(11-15)14-30)19-6-4-3-5-17(19)13-24(26,27)28/h3-12,30H,13-14H2,1-2H3. The summed E-state index contributed by atoms with van der Waals surface area (Å²) >= 11 is 6.30. The molecule has 0 saturated heterocycles. The van der Waals surface area contributed by atoms with Gasteiger partial charge in [-0.3, -0.25) is 4.79 Å². The van der Waals surface area contributed by atoms with Crippen molar-refractivity contribution in [2.45, 2.75) is 19.2 Å². The highest BCUT2D eigenvalue weighted by molar-refractivity contribution is 6.34. The van der Waals surface area contributed by atoms with Crippen LogP contribution in [0.5, 0.6) is 0 Å². The van der Waals surface area contributed by atoms with Crippen molar-refractivity contribution in [3.63, 3.8) is 0 Å². The van der Waals surface area contributed by atoms with E-state index in [1.165, 1.54) is 11.0 Å². The molecule has 0 aliphatic rings. The summed E-state index contributed by atoms with van der Waals surface area (Å²) in [4.78, 5) is 13.6. The van der Waals surface area contributed by atoms with Gasteiger partial charge in [-0.15, -0.1) is 0 Å². The van der Waals surface area contributed by atoms with E-state index in [1.54, 1.807) is 68.7 Å². The zero-order valence-corrected chi connectivity index (χ0v) is 17.8. The van der Waals surface area contributed by atoms with Gasteiger partial charge in [0, 0.05) is 14.1 Å². The number of amides is 1. The van der Waals surface area contributed by atoms with Crippen LogP contribution in [0.2, 0.25) is 5.02 Å². The molecule has 0 fully saturated rings. The molecule has 1 amide bonds. The second kappa shape index (κ2) is 9.12. The van der Waals surface area contributed by atoms with E-state index in [0.29, 0.717) is 27.3 Å². The predicted octanol–water partition coefficient (Wildman–Crippen LogP) is 5.97. The van der Waals surface area contributed by atoms with Crippen molar-refractivity contribution in [1.82, 2.24) is 4.90 Å². The van der Waals surface area contributed by atoms with Gasteiger partial charge in [-0.2, -0.15) is 13.2 Å². The summed E-state index contributed by atoms with van der Waals surface area (Å²) in [7, 11) is 3.27. The van der Waals surface area contributed by atoms with Gasteiger partial charge in [0.05, 0.1) is 23.6 Å². The van der Waals surface area contributed by atoms with Gasteiger partial charge < -0.3 is 10.0 Å². The van der Waals surface area contributed by atoms with Crippen LogP contribution in [0.25, 0.3) is 22.3 Å². The first-order valence-electron chi connectivity index (χ1n) is 9.51. The van der Waals surface area contributed by atoms with Crippen LogP contribution in [-0.2, 0) is 13.0 Å². The number of alkyl halides is 3. The Balaban J connectivity index is 2.02. The minimum Gasteiger partial charge on any atom is -0.392 e. The first kappa shape index (κ1) is 22.8. The molecule has 7 heteroatoms. The minimum absolute atomic E-state index is 0.145. The maximum Gasteiger partial charge on any atom is 0.393 e. The number of hydrogen-bond donors (Lipinski definition) is 1. The quantitative estimate of drug-likeness (QED) is 0.523. The first-order valence-corrected chi connectivity index (χ1v) is 9.89. The molecule has 0 aliphatic heterocycles. The summed E-state index contributed by atoms with van der Waals surface area (Å²) < 4.78 is 39.0. The molecule has 3 aromatic carbocycles. The van der Waals surface area contributed by atoms with Crippen molar-refractivity contribution in [1.29, 1.82) is 0 Å². The average molecular weight is 448 g/mol. The largest absolute Gasteiger partial charge is 0.393 e. The zero-order valence-electron chi connectivity index (χ0n) is 17.0. The zero-order chi connectivity index (χ0) is 22.8. The van der Waals surface area contributed by atoms with Crippen LogP contribution in [0.15, 0.2) is 60.7 Å². The van der Waals surface area contributed by atoms with Crippen LogP contribution in [0.4, 0.5) is 13.2 Å². The number of nitrogens with zero attached hydrogens (tertiary/aromatic N) is 1. The summed E-state index contributed by atoms with van der Waals surface area (Å²) in [5.41, 5.74) is 3.44. The molecular formula is C24H21ClF3NO2. The number of benzene rings is 3. The summed E-state index contributed by atoms with van der Waals surface area (Å²) in [6.07, 6.45) is -5.38. The molecule has 31 heavy (non-hydrogen) atoms. The van der Waals surface area contributed by atoms with Crippen LogP contribution in [0.1, 0.15) is 21.5 Å². The topological polar surface area (TPSA) is 40.5 Å². The number of halogens is 4. The molecule has 1 N–H and O–H groups in total. The van der Waals surface area contributed by atoms with E-state index in [9.17, 15) is 23.1 Å². The maximum absolute atomic E-state index is 13.0. The molecular weight excluding hydrogens is 427 g/mol. The molecule has 0 unspecified atom stereocenters. The highest BCUT2D eigenvalue weighted by atomic mass is 35.5. The first-order chi connectivity index (χ1) is 14.6. The third-order valence-electron chi connectivity index (χ3n) is 4.91. The fraction of sp³-hybridized carbons (Fsp3) is 0.208. The fourth-order valence-electron chi connectivity index (χ4n) is 3.43. The van der Waals surface area contributed by atoms with Crippen molar-refractivity contribution in [2.75, 3.05) is 14.1 Å². The van der Waals surface area contributed by atoms with Crippen LogP contribution in [0, 0.1) is 0 Å². The molecule has 0 aromatic heterocycles. The Morgan fingerprint density at radius 2 is 1.55 bits per heavy atom. The molecule has 3 rings (SSSR count). The molecule has 0 heterocycles. The van der Waals surface area contributed by atoms with E-state index < -0.39 is 12.6 Å². The predicted molar refractivity (Wildman–Crippen MR) is 116 cm³/mol. The summed E-state index contributed by atoms with van der Waals surface area (Å²) in [6, 6.07) is 16.5. The SMILES string of the molecule is CN(C)C(=O)c1ccc(-c2ccc(-c3ccccc3CC(F)(F)F)c(CO)c2)cc1Cl. The van der Waals surface area contributed by atoms with E-state index in [-0.39, 0.29) is 18.1 Å². The lowest BCUT2D eigenvalue weighted by molar-refractivity contribution is -0.127. The van der Waals surface area contributed by atoms with E-state index in [4.69, 9.17) is 11.6 Å². The summed E-state index contributed by atoms with van der Waals surface area (Å²) in [5, 5.41) is 10.2. The third kappa shape index (κ3) is 5.27. The number of carbonyl (C=O) groups excluding carboxylic acids is 1. The van der Waals surface area contributed by atoms with Crippen molar-refractivity contribution < 1.29 is 23.1 Å². The second-order valence-electron chi connectivity index (χ2n) is 7.37. The Bertz CT molecular complexity index is 1110. The number of aliphatic hydroxyl groups is 1. The normalized spacial score (nSPS) is 11.5. The number of hydrogen-bond acceptors (Lipinski definition) is 2. The molecule has 0 spiro atoms. The van der Waals surface area contributed by atoms with Gasteiger partial charge in [-0.05, 0) is 51.6 Å². The number of aliphatic hydroxyl groups excluding tert-OH is 1. The van der Waals surface area contributed by atoms with Crippen molar-refractivity contribution in [2.24, 2.45) is 0 Å². The molecule has 162 valence electrons. The minimum atomic E-state index is -4.34. The highest BCUT2D eigenvalue weighted by Crippen LogP contribution is 2.35. The van der Waals surface area contributed by atoms with Crippen molar-refractivity contribution in [3.05, 3.63) is 82.4 Å². The van der Waals surface area contributed by atoms with E-state index in [0.717, 1.165) is 11.1 Å². The Morgan fingerprint density at radius 3 is 2.16 bits per heavy atom. The number of carbonyl (C=O) groups is 1. The van der Waals surface area contributed by atoms with Crippen LogP contribution >= 0.6 is 11.6 Å². The van der Waals surface area contributed by atoms with Crippen LogP contribution < -0.4 is 0 Å². The Morgan fingerprint density at radius 1 is 0.935 bits per heavy atom. The van der Waals surface area contributed by atoms with Gasteiger partial charge >= 0.3 is 6.18 Å². The van der Waals surface area contributed by atoms with E-state index in [1.807, 2.05) is 0 Å².